The highest BCUT2D eigenvalue weighted by atomic mass is 16.6. The predicted octanol–water partition coefficient (Wildman–Crippen LogP) is 2.99. The van der Waals surface area contributed by atoms with Gasteiger partial charge in [0.2, 0.25) is 5.91 Å². The van der Waals surface area contributed by atoms with Gasteiger partial charge in [-0.3, -0.25) is 19.7 Å². The summed E-state index contributed by atoms with van der Waals surface area (Å²) < 4.78 is 0. The zero-order valence-electron chi connectivity index (χ0n) is 14.4. The Morgan fingerprint density at radius 2 is 1.65 bits per heavy atom. The van der Waals surface area contributed by atoms with E-state index in [0.717, 1.165) is 5.56 Å². The van der Waals surface area contributed by atoms with E-state index < -0.39 is 11.1 Å². The minimum absolute atomic E-state index is 0.0159. The van der Waals surface area contributed by atoms with Gasteiger partial charge in [0.25, 0.3) is 11.6 Å². The third-order valence-corrected chi connectivity index (χ3v) is 4.48. The monoisotopic (exact) mass is 353 g/mol. The number of carbonyl (C=O) groups is 2. The molecule has 1 heterocycles. The lowest BCUT2D eigenvalue weighted by molar-refractivity contribution is -0.384. The largest absolute Gasteiger partial charge is 0.316 e. The summed E-state index contributed by atoms with van der Waals surface area (Å²) in [4.78, 5) is 39.0. The van der Waals surface area contributed by atoms with Gasteiger partial charge in [-0.05, 0) is 17.7 Å². The van der Waals surface area contributed by atoms with Gasteiger partial charge in [0.05, 0.1) is 4.92 Å². The van der Waals surface area contributed by atoms with Crippen LogP contribution in [0.25, 0.3) is 0 Å². The van der Waals surface area contributed by atoms with Crippen LogP contribution in [0.3, 0.4) is 0 Å². The van der Waals surface area contributed by atoms with E-state index in [1.54, 1.807) is 16.7 Å². The van der Waals surface area contributed by atoms with Crippen molar-refractivity contribution in [3.63, 3.8) is 0 Å². The van der Waals surface area contributed by atoms with E-state index in [1.165, 1.54) is 24.3 Å². The SMILES string of the molecule is CCC(=O)N1CCN(C(=O)c2ccc([N+](=O)[O-])cc2)[C@@H]1c1ccccc1. The molecule has 0 unspecified atom stereocenters. The molecule has 0 N–H and O–H groups in total. The first-order valence-electron chi connectivity index (χ1n) is 8.42. The fraction of sp³-hybridized carbons (Fsp3) is 0.263. The number of hydrogen-bond acceptors (Lipinski definition) is 4. The van der Waals surface area contributed by atoms with Crippen molar-refractivity contribution in [2.24, 2.45) is 0 Å². The van der Waals surface area contributed by atoms with Crippen molar-refractivity contribution >= 4 is 17.5 Å². The number of nitro benzene ring substituents is 1. The van der Waals surface area contributed by atoms with Crippen LogP contribution in [0.5, 0.6) is 0 Å². The van der Waals surface area contributed by atoms with Crippen LogP contribution < -0.4 is 0 Å². The Labute approximate surface area is 151 Å². The second kappa shape index (κ2) is 7.35. The highest BCUT2D eigenvalue weighted by molar-refractivity contribution is 5.95. The quantitative estimate of drug-likeness (QED) is 0.625. The fourth-order valence-electron chi connectivity index (χ4n) is 3.18. The molecule has 0 saturated carbocycles. The summed E-state index contributed by atoms with van der Waals surface area (Å²) in [6, 6.07) is 14.9. The summed E-state index contributed by atoms with van der Waals surface area (Å²) in [7, 11) is 0. The van der Waals surface area contributed by atoms with E-state index in [0.29, 0.717) is 25.1 Å². The minimum atomic E-state index is -0.501. The second-order valence-corrected chi connectivity index (χ2v) is 6.03. The van der Waals surface area contributed by atoms with Gasteiger partial charge in [-0.1, -0.05) is 37.3 Å². The third kappa shape index (κ3) is 3.28. The number of carbonyl (C=O) groups excluding carboxylic acids is 2. The Bertz CT molecular complexity index is 820. The van der Waals surface area contributed by atoms with Crippen molar-refractivity contribution in [2.45, 2.75) is 19.5 Å². The van der Waals surface area contributed by atoms with Crippen LogP contribution in [-0.2, 0) is 4.79 Å². The molecule has 26 heavy (non-hydrogen) atoms. The van der Waals surface area contributed by atoms with Crippen LogP contribution in [0.15, 0.2) is 54.6 Å². The number of rotatable bonds is 4. The lowest BCUT2D eigenvalue weighted by atomic mass is 10.1. The van der Waals surface area contributed by atoms with Crippen LogP contribution in [0.4, 0.5) is 5.69 Å². The van der Waals surface area contributed by atoms with E-state index in [4.69, 9.17) is 0 Å². The Balaban J connectivity index is 1.92. The third-order valence-electron chi connectivity index (χ3n) is 4.48. The zero-order chi connectivity index (χ0) is 18.7. The summed E-state index contributed by atoms with van der Waals surface area (Å²) in [6.45, 7) is 2.68. The van der Waals surface area contributed by atoms with Crippen molar-refractivity contribution < 1.29 is 14.5 Å². The second-order valence-electron chi connectivity index (χ2n) is 6.03. The predicted molar refractivity (Wildman–Crippen MR) is 95.3 cm³/mol. The van der Waals surface area contributed by atoms with Crippen LogP contribution in [0, 0.1) is 10.1 Å². The topological polar surface area (TPSA) is 83.8 Å². The van der Waals surface area contributed by atoms with Crippen LogP contribution >= 0.6 is 0 Å². The Morgan fingerprint density at radius 1 is 1.04 bits per heavy atom. The molecule has 2 aromatic rings. The first-order valence-corrected chi connectivity index (χ1v) is 8.42. The molecule has 1 aliphatic rings. The molecule has 1 fully saturated rings. The minimum Gasteiger partial charge on any atom is -0.316 e. The summed E-state index contributed by atoms with van der Waals surface area (Å²) in [5.74, 6) is -0.266. The first kappa shape index (κ1) is 17.6. The van der Waals surface area contributed by atoms with E-state index in [2.05, 4.69) is 0 Å². The molecule has 3 rings (SSSR count). The van der Waals surface area contributed by atoms with Gasteiger partial charge in [-0.2, -0.15) is 0 Å². The molecule has 1 saturated heterocycles. The van der Waals surface area contributed by atoms with Crippen molar-refractivity contribution in [1.82, 2.24) is 9.80 Å². The summed E-state index contributed by atoms with van der Waals surface area (Å²) in [5.41, 5.74) is 1.16. The van der Waals surface area contributed by atoms with Crippen molar-refractivity contribution in [2.75, 3.05) is 13.1 Å². The molecule has 1 atom stereocenters. The maximum atomic E-state index is 13.0. The zero-order valence-corrected chi connectivity index (χ0v) is 14.4. The summed E-state index contributed by atoms with van der Waals surface area (Å²) in [5, 5.41) is 10.8. The molecule has 0 radical (unpaired) electrons. The van der Waals surface area contributed by atoms with Gasteiger partial charge in [0, 0.05) is 37.2 Å². The Hall–Kier alpha value is -3.22. The van der Waals surface area contributed by atoms with Gasteiger partial charge >= 0.3 is 0 Å². The molecule has 7 nitrogen and oxygen atoms in total. The number of hydrogen-bond donors (Lipinski definition) is 0. The van der Waals surface area contributed by atoms with E-state index >= 15 is 0 Å². The van der Waals surface area contributed by atoms with Gasteiger partial charge in [-0.25, -0.2) is 0 Å². The summed E-state index contributed by atoms with van der Waals surface area (Å²) >= 11 is 0. The maximum absolute atomic E-state index is 13.0. The Kier molecular flexibility index (Phi) is 4.97. The molecular weight excluding hydrogens is 334 g/mol. The fourth-order valence-corrected chi connectivity index (χ4v) is 3.18. The van der Waals surface area contributed by atoms with Gasteiger partial charge in [0.15, 0.2) is 0 Å². The van der Waals surface area contributed by atoms with Crippen molar-refractivity contribution in [3.8, 4) is 0 Å². The molecule has 134 valence electrons. The van der Waals surface area contributed by atoms with E-state index in [9.17, 15) is 19.7 Å². The average molecular weight is 353 g/mol. The average Bonchev–Trinajstić information content (AvgIpc) is 3.12. The molecule has 2 amide bonds. The van der Waals surface area contributed by atoms with Gasteiger partial charge in [-0.15, -0.1) is 0 Å². The number of amides is 2. The maximum Gasteiger partial charge on any atom is 0.269 e. The molecule has 0 aliphatic carbocycles. The molecule has 7 heteroatoms. The van der Waals surface area contributed by atoms with E-state index in [1.807, 2.05) is 30.3 Å². The Morgan fingerprint density at radius 3 is 2.23 bits per heavy atom. The first-order chi connectivity index (χ1) is 12.5. The molecule has 2 aromatic carbocycles. The normalized spacial score (nSPS) is 16.6. The highest BCUT2D eigenvalue weighted by Crippen LogP contribution is 2.32. The van der Waals surface area contributed by atoms with E-state index in [-0.39, 0.29) is 17.5 Å². The molecule has 0 bridgehead atoms. The smallest absolute Gasteiger partial charge is 0.269 e. The van der Waals surface area contributed by atoms with Crippen LogP contribution in [0.1, 0.15) is 35.4 Å². The lowest BCUT2D eigenvalue weighted by Crippen LogP contribution is -2.37. The van der Waals surface area contributed by atoms with Gasteiger partial charge < -0.3 is 9.80 Å². The van der Waals surface area contributed by atoms with Crippen molar-refractivity contribution in [3.05, 3.63) is 75.8 Å². The standard InChI is InChI=1S/C19H19N3O4/c1-2-17(23)20-12-13-21(18(20)14-6-4-3-5-7-14)19(24)15-8-10-16(11-9-15)22(25)26/h3-11,18H,2,12-13H2,1H3/t18-/m1/s1. The number of non-ortho nitro benzene ring substituents is 1. The molecule has 1 aliphatic heterocycles. The number of nitrogens with zero attached hydrogens (tertiary/aromatic N) is 3. The molecular formula is C19H19N3O4. The summed E-state index contributed by atoms with van der Waals surface area (Å²) in [6.07, 6.45) is -0.102. The highest BCUT2D eigenvalue weighted by Gasteiger charge is 2.38. The molecule has 0 aromatic heterocycles. The van der Waals surface area contributed by atoms with Crippen LogP contribution in [0.2, 0.25) is 0 Å². The van der Waals surface area contributed by atoms with Crippen LogP contribution in [-0.4, -0.2) is 39.6 Å². The van der Waals surface area contributed by atoms with Gasteiger partial charge in [0.1, 0.15) is 6.17 Å². The number of nitro groups is 1. The number of benzene rings is 2. The lowest BCUT2D eigenvalue weighted by Gasteiger charge is -2.30. The molecule has 0 spiro atoms. The van der Waals surface area contributed by atoms with Crippen molar-refractivity contribution in [1.29, 1.82) is 0 Å².